The lowest BCUT2D eigenvalue weighted by molar-refractivity contribution is 0.0737. The quantitative estimate of drug-likeness (QED) is 0.892. The van der Waals surface area contributed by atoms with E-state index in [2.05, 4.69) is 10.2 Å². The molecule has 3 aliphatic rings. The summed E-state index contributed by atoms with van der Waals surface area (Å²) in [5.41, 5.74) is 1.69. The van der Waals surface area contributed by atoms with Crippen molar-refractivity contribution in [3.8, 4) is 0 Å². The zero-order valence-electron chi connectivity index (χ0n) is 13.1. The van der Waals surface area contributed by atoms with Gasteiger partial charge in [0, 0.05) is 44.3 Å². The topological polar surface area (TPSA) is 44.8 Å². The molecule has 4 rings (SSSR count). The maximum absolute atomic E-state index is 12.8. The maximum Gasteiger partial charge on any atom is 0.254 e. The van der Waals surface area contributed by atoms with Crippen LogP contribution in [-0.2, 0) is 4.74 Å². The fraction of sp³-hybridized carbons (Fsp3) is 0.588. The molecule has 1 N–H and O–H groups in total. The Morgan fingerprint density at radius 3 is 2.83 bits per heavy atom. The summed E-state index contributed by atoms with van der Waals surface area (Å²) in [6.07, 6.45) is 1.10. The standard InChI is InChI=1S/C17H22ClN3O2/c18-14-9-12(1-2-15(14)20-5-7-23-8-6-20)17(22)21-4-3-13-10-19-11-16(13)21/h1-2,9,13,16,19H,3-8,10-11H2/t13-,16+/m1/s1. The van der Waals surface area contributed by atoms with Crippen LogP contribution in [0.25, 0.3) is 0 Å². The van der Waals surface area contributed by atoms with Gasteiger partial charge in [-0.25, -0.2) is 0 Å². The summed E-state index contributed by atoms with van der Waals surface area (Å²) < 4.78 is 5.38. The number of ether oxygens (including phenoxy) is 1. The van der Waals surface area contributed by atoms with Gasteiger partial charge >= 0.3 is 0 Å². The molecular formula is C17H22ClN3O2. The van der Waals surface area contributed by atoms with Crippen LogP contribution in [0.3, 0.4) is 0 Å². The van der Waals surface area contributed by atoms with Crippen LogP contribution in [0.15, 0.2) is 18.2 Å². The van der Waals surface area contributed by atoms with Crippen molar-refractivity contribution in [1.82, 2.24) is 10.2 Å². The molecule has 0 bridgehead atoms. The summed E-state index contributed by atoms with van der Waals surface area (Å²) in [6, 6.07) is 6.06. The first-order valence-electron chi connectivity index (χ1n) is 8.38. The largest absolute Gasteiger partial charge is 0.378 e. The lowest BCUT2D eigenvalue weighted by Crippen LogP contribution is -2.39. The number of morpholine rings is 1. The molecule has 2 atom stereocenters. The molecule has 0 unspecified atom stereocenters. The molecule has 1 aromatic carbocycles. The molecule has 3 saturated heterocycles. The number of benzene rings is 1. The third-order valence-corrected chi connectivity index (χ3v) is 5.56. The van der Waals surface area contributed by atoms with Gasteiger partial charge in [-0.3, -0.25) is 4.79 Å². The molecule has 5 nitrogen and oxygen atoms in total. The van der Waals surface area contributed by atoms with Gasteiger partial charge in [0.05, 0.1) is 23.9 Å². The van der Waals surface area contributed by atoms with E-state index in [9.17, 15) is 4.79 Å². The van der Waals surface area contributed by atoms with Gasteiger partial charge in [0.1, 0.15) is 0 Å². The van der Waals surface area contributed by atoms with Crippen LogP contribution in [0.5, 0.6) is 0 Å². The molecule has 0 saturated carbocycles. The fourth-order valence-corrected chi connectivity index (χ4v) is 4.27. The number of nitrogens with zero attached hydrogens (tertiary/aromatic N) is 2. The van der Waals surface area contributed by atoms with E-state index in [0.29, 0.717) is 22.5 Å². The molecule has 0 aromatic heterocycles. The number of likely N-dealkylation sites (tertiary alicyclic amines) is 1. The molecular weight excluding hydrogens is 314 g/mol. The Hall–Kier alpha value is -1.30. The predicted molar refractivity (Wildman–Crippen MR) is 90.3 cm³/mol. The molecule has 23 heavy (non-hydrogen) atoms. The molecule has 1 amide bonds. The second-order valence-electron chi connectivity index (χ2n) is 6.54. The van der Waals surface area contributed by atoms with Crippen LogP contribution in [0.1, 0.15) is 16.8 Å². The van der Waals surface area contributed by atoms with E-state index in [-0.39, 0.29) is 5.91 Å². The number of hydrogen-bond acceptors (Lipinski definition) is 4. The highest BCUT2D eigenvalue weighted by molar-refractivity contribution is 6.33. The number of amides is 1. The third-order valence-electron chi connectivity index (χ3n) is 5.25. The van der Waals surface area contributed by atoms with E-state index in [1.807, 2.05) is 23.1 Å². The van der Waals surface area contributed by atoms with Crippen LogP contribution in [0.4, 0.5) is 5.69 Å². The Kier molecular flexibility index (Phi) is 4.18. The molecule has 3 fully saturated rings. The Morgan fingerprint density at radius 1 is 1.22 bits per heavy atom. The number of anilines is 1. The summed E-state index contributed by atoms with van der Waals surface area (Å²) in [7, 11) is 0. The molecule has 0 spiro atoms. The first kappa shape index (κ1) is 15.2. The second kappa shape index (κ2) is 6.30. The number of carbonyl (C=O) groups excluding carboxylic acids is 1. The number of hydrogen-bond donors (Lipinski definition) is 1. The minimum Gasteiger partial charge on any atom is -0.378 e. The molecule has 0 radical (unpaired) electrons. The number of carbonyl (C=O) groups is 1. The van der Waals surface area contributed by atoms with E-state index < -0.39 is 0 Å². The molecule has 0 aliphatic carbocycles. The smallest absolute Gasteiger partial charge is 0.254 e. The monoisotopic (exact) mass is 335 g/mol. The maximum atomic E-state index is 12.8. The van der Waals surface area contributed by atoms with Crippen LogP contribution in [0.2, 0.25) is 5.02 Å². The van der Waals surface area contributed by atoms with Gasteiger partial charge in [-0.2, -0.15) is 0 Å². The summed E-state index contributed by atoms with van der Waals surface area (Å²) in [6.45, 7) is 5.94. The minimum atomic E-state index is 0.108. The highest BCUT2D eigenvalue weighted by atomic mass is 35.5. The van der Waals surface area contributed by atoms with E-state index >= 15 is 0 Å². The summed E-state index contributed by atoms with van der Waals surface area (Å²) >= 11 is 6.46. The van der Waals surface area contributed by atoms with Crippen molar-refractivity contribution >= 4 is 23.2 Å². The summed E-state index contributed by atoms with van der Waals surface area (Å²) in [5, 5.41) is 4.04. The fourth-order valence-electron chi connectivity index (χ4n) is 3.97. The van der Waals surface area contributed by atoms with Gasteiger partial charge in [0.2, 0.25) is 0 Å². The Labute approximate surface area is 141 Å². The summed E-state index contributed by atoms with van der Waals surface area (Å²) in [5.74, 6) is 0.721. The van der Waals surface area contributed by atoms with E-state index in [1.54, 1.807) is 0 Å². The lowest BCUT2D eigenvalue weighted by Gasteiger charge is -2.30. The first-order valence-corrected chi connectivity index (χ1v) is 8.76. The van der Waals surface area contributed by atoms with Crippen LogP contribution < -0.4 is 10.2 Å². The highest BCUT2D eigenvalue weighted by Crippen LogP contribution is 2.31. The van der Waals surface area contributed by atoms with Gasteiger partial charge in [0.25, 0.3) is 5.91 Å². The summed E-state index contributed by atoms with van der Waals surface area (Å²) in [4.78, 5) is 17.1. The SMILES string of the molecule is O=C(c1ccc(N2CCOCC2)c(Cl)c1)N1CC[C@@H]2CNC[C@@H]21. The highest BCUT2D eigenvalue weighted by Gasteiger charge is 2.40. The first-order chi connectivity index (χ1) is 11.2. The number of halogens is 1. The third kappa shape index (κ3) is 2.82. The zero-order chi connectivity index (χ0) is 15.8. The average molecular weight is 336 g/mol. The van der Waals surface area contributed by atoms with Crippen molar-refractivity contribution in [2.45, 2.75) is 12.5 Å². The normalized spacial score (nSPS) is 27.3. The minimum absolute atomic E-state index is 0.108. The van der Waals surface area contributed by atoms with E-state index in [1.165, 1.54) is 0 Å². The Bertz CT molecular complexity index is 604. The second-order valence-corrected chi connectivity index (χ2v) is 6.95. The molecule has 1 aromatic rings. The van der Waals surface area contributed by atoms with Crippen molar-refractivity contribution in [3.05, 3.63) is 28.8 Å². The van der Waals surface area contributed by atoms with Crippen LogP contribution in [0, 0.1) is 5.92 Å². The van der Waals surface area contributed by atoms with Gasteiger partial charge in [-0.15, -0.1) is 0 Å². The van der Waals surface area contributed by atoms with Crippen molar-refractivity contribution in [2.24, 2.45) is 5.92 Å². The van der Waals surface area contributed by atoms with Crippen LogP contribution in [-0.4, -0.2) is 62.8 Å². The average Bonchev–Trinajstić information content (AvgIpc) is 3.18. The lowest BCUT2D eigenvalue weighted by atomic mass is 10.0. The van der Waals surface area contributed by atoms with Gasteiger partial charge in [-0.1, -0.05) is 11.6 Å². The zero-order valence-corrected chi connectivity index (χ0v) is 13.9. The number of fused-ring (bicyclic) bond motifs is 1. The van der Waals surface area contributed by atoms with E-state index in [0.717, 1.165) is 58.0 Å². The number of rotatable bonds is 2. The van der Waals surface area contributed by atoms with Gasteiger partial charge in [0.15, 0.2) is 0 Å². The van der Waals surface area contributed by atoms with Gasteiger partial charge in [-0.05, 0) is 30.5 Å². The molecule has 3 aliphatic heterocycles. The van der Waals surface area contributed by atoms with Crippen molar-refractivity contribution in [3.63, 3.8) is 0 Å². The van der Waals surface area contributed by atoms with Crippen molar-refractivity contribution in [1.29, 1.82) is 0 Å². The molecule has 3 heterocycles. The number of nitrogens with one attached hydrogen (secondary N) is 1. The predicted octanol–water partition coefficient (Wildman–Crippen LogP) is 1.61. The molecule has 124 valence electrons. The van der Waals surface area contributed by atoms with Crippen molar-refractivity contribution in [2.75, 3.05) is 50.8 Å². The van der Waals surface area contributed by atoms with Gasteiger partial charge < -0.3 is 19.9 Å². The van der Waals surface area contributed by atoms with E-state index in [4.69, 9.17) is 16.3 Å². The Balaban J connectivity index is 1.53. The Morgan fingerprint density at radius 2 is 2.04 bits per heavy atom. The van der Waals surface area contributed by atoms with Crippen molar-refractivity contribution < 1.29 is 9.53 Å². The molecule has 6 heteroatoms. The van der Waals surface area contributed by atoms with Crippen LogP contribution >= 0.6 is 11.6 Å².